The summed E-state index contributed by atoms with van der Waals surface area (Å²) in [6, 6.07) is 24.1. The number of aromatic carboxylic acids is 1. The van der Waals surface area contributed by atoms with Crippen LogP contribution in [-0.2, 0) is 11.4 Å². The van der Waals surface area contributed by atoms with Crippen LogP contribution in [0.1, 0.15) is 16.1 Å². The molecule has 0 spiro atoms. The van der Waals surface area contributed by atoms with E-state index in [0.29, 0.717) is 11.5 Å². The number of aromatic nitrogens is 1. The molecule has 8 nitrogen and oxygen atoms in total. The van der Waals surface area contributed by atoms with Gasteiger partial charge in [0.1, 0.15) is 30.5 Å². The summed E-state index contributed by atoms with van der Waals surface area (Å²) in [5, 5.41) is 19.6. The van der Waals surface area contributed by atoms with Crippen molar-refractivity contribution in [2.75, 3.05) is 6.61 Å². The van der Waals surface area contributed by atoms with Crippen molar-refractivity contribution in [3.8, 4) is 17.2 Å². The smallest absolute Gasteiger partial charge is 0.348 e. The van der Waals surface area contributed by atoms with E-state index in [0.717, 1.165) is 16.6 Å². The maximum atomic E-state index is 11.6. The lowest BCUT2D eigenvalue weighted by molar-refractivity contribution is -0.146. The van der Waals surface area contributed by atoms with Gasteiger partial charge in [0.05, 0.1) is 16.8 Å². The molecule has 0 saturated carbocycles. The quantitative estimate of drug-likeness (QED) is 0.358. The number of pyridine rings is 1. The van der Waals surface area contributed by atoms with Crippen molar-refractivity contribution in [3.63, 3.8) is 0 Å². The van der Waals surface area contributed by atoms with Gasteiger partial charge in [0, 0.05) is 11.5 Å². The van der Waals surface area contributed by atoms with Crippen molar-refractivity contribution in [1.29, 1.82) is 0 Å². The molecule has 0 aliphatic heterocycles. The lowest BCUT2D eigenvalue weighted by atomic mass is 10.2. The van der Waals surface area contributed by atoms with Crippen molar-refractivity contribution in [1.82, 2.24) is 4.98 Å². The molecule has 172 valence electrons. The molecule has 4 aromatic rings. The van der Waals surface area contributed by atoms with Crippen molar-refractivity contribution in [3.05, 3.63) is 96.2 Å². The normalized spacial score (nSPS) is 11.5. The molecule has 8 heteroatoms. The van der Waals surface area contributed by atoms with Crippen molar-refractivity contribution in [2.24, 2.45) is 0 Å². The molecule has 3 aromatic carbocycles. The van der Waals surface area contributed by atoms with Gasteiger partial charge in [-0.2, -0.15) is 0 Å². The highest BCUT2D eigenvalue weighted by Gasteiger charge is 2.21. The van der Waals surface area contributed by atoms with Crippen LogP contribution in [0.2, 0.25) is 0 Å². The molecule has 0 bridgehead atoms. The Morgan fingerprint density at radius 1 is 0.794 bits per heavy atom. The Balaban J connectivity index is 1.37. The number of nitrogens with zero attached hydrogens (tertiary/aromatic N) is 1. The maximum Gasteiger partial charge on any atom is 0.348 e. The highest BCUT2D eigenvalue weighted by Crippen LogP contribution is 2.22. The first-order valence-corrected chi connectivity index (χ1v) is 10.4. The molecule has 0 fully saturated rings. The summed E-state index contributed by atoms with van der Waals surface area (Å²) in [6.07, 6.45) is -1.34. The van der Waals surface area contributed by atoms with Crippen LogP contribution in [0.4, 0.5) is 0 Å². The molecule has 34 heavy (non-hydrogen) atoms. The number of rotatable bonds is 10. The van der Waals surface area contributed by atoms with Crippen molar-refractivity contribution < 1.29 is 34.0 Å². The standard InChI is InChI=1S/C26H21NO7/c28-25(29)18-6-3-9-22(13-18)34-24(26(30)31)16-33-21-8-4-7-20(14-21)32-15-19-12-11-17-5-1-2-10-23(17)27-19/h1-14,24H,15-16H2,(H,28,29)(H,30,31). The first-order chi connectivity index (χ1) is 16.5. The molecular weight excluding hydrogens is 438 g/mol. The summed E-state index contributed by atoms with van der Waals surface area (Å²) >= 11 is 0. The minimum absolute atomic E-state index is 0.00619. The van der Waals surface area contributed by atoms with E-state index in [1.54, 1.807) is 24.3 Å². The number of carboxylic acid groups (broad SMARTS) is 2. The van der Waals surface area contributed by atoms with Crippen LogP contribution in [0.25, 0.3) is 10.9 Å². The monoisotopic (exact) mass is 459 g/mol. The Labute approximate surface area is 195 Å². The Morgan fingerprint density at radius 2 is 1.53 bits per heavy atom. The van der Waals surface area contributed by atoms with Crippen LogP contribution in [-0.4, -0.2) is 39.8 Å². The van der Waals surface area contributed by atoms with Crippen LogP contribution in [0, 0.1) is 0 Å². The van der Waals surface area contributed by atoms with Crippen LogP contribution in [0.15, 0.2) is 84.9 Å². The van der Waals surface area contributed by atoms with Gasteiger partial charge in [-0.1, -0.05) is 36.4 Å². The zero-order valence-corrected chi connectivity index (χ0v) is 18.0. The maximum absolute atomic E-state index is 11.6. The third kappa shape index (κ3) is 5.80. The number of aliphatic carboxylic acids is 1. The summed E-state index contributed by atoms with van der Waals surface area (Å²) < 4.78 is 16.9. The highest BCUT2D eigenvalue weighted by atomic mass is 16.6. The Hall–Kier alpha value is -4.59. The molecule has 0 aliphatic carbocycles. The first kappa shape index (κ1) is 22.6. The van der Waals surface area contributed by atoms with Gasteiger partial charge in [-0.15, -0.1) is 0 Å². The van der Waals surface area contributed by atoms with Crippen molar-refractivity contribution in [2.45, 2.75) is 12.7 Å². The third-order valence-electron chi connectivity index (χ3n) is 4.88. The highest BCUT2D eigenvalue weighted by molar-refractivity contribution is 5.88. The fraction of sp³-hybridized carbons (Fsp3) is 0.115. The molecule has 0 saturated heterocycles. The number of para-hydroxylation sites is 1. The zero-order chi connectivity index (χ0) is 23.9. The second-order valence-corrected chi connectivity index (χ2v) is 7.35. The van der Waals surface area contributed by atoms with Gasteiger partial charge in [-0.05, 0) is 42.5 Å². The Morgan fingerprint density at radius 3 is 2.32 bits per heavy atom. The Kier molecular flexibility index (Phi) is 6.88. The van der Waals surface area contributed by atoms with Crippen LogP contribution in [0.3, 0.4) is 0 Å². The van der Waals surface area contributed by atoms with Crippen LogP contribution < -0.4 is 14.2 Å². The molecule has 0 aliphatic rings. The lowest BCUT2D eigenvalue weighted by Gasteiger charge is -2.16. The van der Waals surface area contributed by atoms with Crippen LogP contribution >= 0.6 is 0 Å². The van der Waals surface area contributed by atoms with Gasteiger partial charge in [0.25, 0.3) is 0 Å². The van der Waals surface area contributed by atoms with E-state index in [-0.39, 0.29) is 24.5 Å². The second-order valence-electron chi connectivity index (χ2n) is 7.35. The van der Waals surface area contributed by atoms with Gasteiger partial charge in [0.15, 0.2) is 0 Å². The summed E-state index contributed by atoms with van der Waals surface area (Å²) in [5.74, 6) is -1.32. The number of hydrogen-bond acceptors (Lipinski definition) is 6. The minimum Gasteiger partial charge on any atom is -0.489 e. The average molecular weight is 459 g/mol. The summed E-state index contributed by atoms with van der Waals surface area (Å²) in [5.41, 5.74) is 1.65. The lowest BCUT2D eigenvalue weighted by Crippen LogP contribution is -2.33. The summed E-state index contributed by atoms with van der Waals surface area (Å²) in [7, 11) is 0. The van der Waals surface area contributed by atoms with E-state index < -0.39 is 18.0 Å². The Bertz CT molecular complexity index is 1320. The fourth-order valence-electron chi connectivity index (χ4n) is 3.19. The van der Waals surface area contributed by atoms with Crippen LogP contribution in [0.5, 0.6) is 17.2 Å². The molecule has 1 unspecified atom stereocenters. The number of benzene rings is 3. The number of carbonyl (C=O) groups is 2. The molecule has 4 rings (SSSR count). The molecule has 1 aromatic heterocycles. The van der Waals surface area contributed by atoms with Gasteiger partial charge in [0.2, 0.25) is 6.10 Å². The van der Waals surface area contributed by atoms with Gasteiger partial charge >= 0.3 is 11.9 Å². The molecule has 2 N–H and O–H groups in total. The molecule has 1 heterocycles. The van der Waals surface area contributed by atoms with E-state index in [9.17, 15) is 14.7 Å². The van der Waals surface area contributed by atoms with E-state index in [1.165, 1.54) is 24.3 Å². The topological polar surface area (TPSA) is 115 Å². The largest absolute Gasteiger partial charge is 0.489 e. The minimum atomic E-state index is -1.34. The first-order valence-electron chi connectivity index (χ1n) is 10.4. The summed E-state index contributed by atoms with van der Waals surface area (Å²) in [6.45, 7) is -0.0304. The fourth-order valence-corrected chi connectivity index (χ4v) is 3.19. The van der Waals surface area contributed by atoms with E-state index >= 15 is 0 Å². The summed E-state index contributed by atoms with van der Waals surface area (Å²) in [4.78, 5) is 27.3. The predicted molar refractivity (Wildman–Crippen MR) is 123 cm³/mol. The number of hydrogen-bond donors (Lipinski definition) is 2. The number of carboxylic acids is 2. The number of ether oxygens (including phenoxy) is 3. The average Bonchev–Trinajstić information content (AvgIpc) is 2.85. The predicted octanol–water partition coefficient (Wildman–Crippen LogP) is 4.42. The number of fused-ring (bicyclic) bond motifs is 1. The van der Waals surface area contributed by atoms with E-state index in [4.69, 9.17) is 19.3 Å². The van der Waals surface area contributed by atoms with Gasteiger partial charge in [-0.3, -0.25) is 0 Å². The van der Waals surface area contributed by atoms with Crippen molar-refractivity contribution >= 4 is 22.8 Å². The third-order valence-corrected chi connectivity index (χ3v) is 4.88. The zero-order valence-electron chi connectivity index (χ0n) is 18.0. The van der Waals surface area contributed by atoms with Gasteiger partial charge < -0.3 is 24.4 Å². The SMILES string of the molecule is O=C(O)c1cccc(OC(COc2cccc(OCc3ccc4ccccc4n3)c2)C(=O)O)c1. The second kappa shape index (κ2) is 10.4. The van der Waals surface area contributed by atoms with Gasteiger partial charge in [-0.25, -0.2) is 14.6 Å². The molecule has 0 amide bonds. The molecule has 0 radical (unpaired) electrons. The van der Waals surface area contributed by atoms with E-state index in [2.05, 4.69) is 4.98 Å². The van der Waals surface area contributed by atoms with E-state index in [1.807, 2.05) is 36.4 Å². The molecular formula is C26H21NO7. The molecule has 1 atom stereocenters.